The third kappa shape index (κ3) is 3.22. The van der Waals surface area contributed by atoms with Crippen LogP contribution in [0.25, 0.3) is 0 Å². The molecule has 0 aromatic carbocycles. The standard InChI is InChI=1S/C15H25N3OS/c1-4-13-15(19)18(9-8-17(5-2)6-3)14(16-13)12-7-10-20-11-12/h7,10-11,13-14,16H,4-6,8-9H2,1-3H3. The molecule has 2 rings (SSSR count). The maximum Gasteiger partial charge on any atom is 0.241 e. The second kappa shape index (κ2) is 7.20. The van der Waals surface area contributed by atoms with Gasteiger partial charge in [-0.1, -0.05) is 20.8 Å². The van der Waals surface area contributed by atoms with Gasteiger partial charge in [-0.3, -0.25) is 10.1 Å². The summed E-state index contributed by atoms with van der Waals surface area (Å²) in [5, 5.41) is 7.67. The van der Waals surface area contributed by atoms with Crippen molar-refractivity contribution in [1.82, 2.24) is 15.1 Å². The van der Waals surface area contributed by atoms with Crippen molar-refractivity contribution in [2.75, 3.05) is 26.2 Å². The van der Waals surface area contributed by atoms with Crippen LogP contribution in [0.3, 0.4) is 0 Å². The number of thiophene rings is 1. The zero-order chi connectivity index (χ0) is 14.5. The number of likely N-dealkylation sites (N-methyl/N-ethyl adjacent to an activating group) is 1. The molecule has 5 heteroatoms. The van der Waals surface area contributed by atoms with Crippen LogP contribution >= 0.6 is 11.3 Å². The third-order valence-corrected chi connectivity index (χ3v) is 4.77. The number of nitrogens with one attached hydrogen (secondary N) is 1. The van der Waals surface area contributed by atoms with Crippen molar-refractivity contribution in [3.63, 3.8) is 0 Å². The summed E-state index contributed by atoms with van der Waals surface area (Å²) in [6.07, 6.45) is 0.899. The predicted octanol–water partition coefficient (Wildman–Crippen LogP) is 2.30. The molecule has 1 amide bonds. The number of amides is 1. The maximum absolute atomic E-state index is 12.5. The molecular weight excluding hydrogens is 270 g/mol. The van der Waals surface area contributed by atoms with E-state index < -0.39 is 0 Å². The van der Waals surface area contributed by atoms with Gasteiger partial charge in [-0.25, -0.2) is 0 Å². The fraction of sp³-hybridized carbons (Fsp3) is 0.667. The highest BCUT2D eigenvalue weighted by atomic mass is 32.1. The fourth-order valence-corrected chi connectivity index (χ4v) is 3.39. The Balaban J connectivity index is 2.07. The van der Waals surface area contributed by atoms with E-state index in [2.05, 4.69) is 47.8 Å². The highest BCUT2D eigenvalue weighted by molar-refractivity contribution is 7.07. The van der Waals surface area contributed by atoms with E-state index in [0.717, 1.165) is 32.6 Å². The Bertz CT molecular complexity index is 417. The molecule has 1 saturated heterocycles. The summed E-state index contributed by atoms with van der Waals surface area (Å²) in [6.45, 7) is 10.2. The largest absolute Gasteiger partial charge is 0.320 e. The molecule has 1 aromatic rings. The first kappa shape index (κ1) is 15.5. The van der Waals surface area contributed by atoms with Crippen LogP contribution in [0.4, 0.5) is 0 Å². The van der Waals surface area contributed by atoms with Crippen molar-refractivity contribution in [1.29, 1.82) is 0 Å². The van der Waals surface area contributed by atoms with Gasteiger partial charge in [-0.05, 0) is 41.9 Å². The van der Waals surface area contributed by atoms with Crippen molar-refractivity contribution in [2.45, 2.75) is 39.4 Å². The molecule has 1 aliphatic heterocycles. The van der Waals surface area contributed by atoms with E-state index in [1.807, 2.05) is 4.90 Å². The maximum atomic E-state index is 12.5. The molecule has 0 spiro atoms. The molecule has 0 radical (unpaired) electrons. The van der Waals surface area contributed by atoms with Crippen LogP contribution in [-0.2, 0) is 4.79 Å². The van der Waals surface area contributed by atoms with Gasteiger partial charge in [0.1, 0.15) is 6.17 Å². The van der Waals surface area contributed by atoms with Gasteiger partial charge >= 0.3 is 0 Å². The van der Waals surface area contributed by atoms with Gasteiger partial charge in [0, 0.05) is 13.1 Å². The Labute approximate surface area is 125 Å². The van der Waals surface area contributed by atoms with Crippen molar-refractivity contribution < 1.29 is 4.79 Å². The number of carbonyl (C=O) groups is 1. The lowest BCUT2D eigenvalue weighted by Crippen LogP contribution is -2.38. The SMILES string of the molecule is CCC1NC(c2ccsc2)N(CCN(CC)CC)C1=O. The van der Waals surface area contributed by atoms with E-state index >= 15 is 0 Å². The van der Waals surface area contributed by atoms with Crippen molar-refractivity contribution >= 4 is 17.2 Å². The molecular formula is C15H25N3OS. The summed E-state index contributed by atoms with van der Waals surface area (Å²) >= 11 is 1.68. The molecule has 112 valence electrons. The van der Waals surface area contributed by atoms with Gasteiger partial charge in [-0.2, -0.15) is 11.3 Å². The van der Waals surface area contributed by atoms with Crippen LogP contribution < -0.4 is 5.32 Å². The monoisotopic (exact) mass is 295 g/mol. The Morgan fingerprint density at radius 2 is 2.10 bits per heavy atom. The lowest BCUT2D eigenvalue weighted by Gasteiger charge is -2.27. The molecule has 4 nitrogen and oxygen atoms in total. The lowest BCUT2D eigenvalue weighted by atomic mass is 10.2. The van der Waals surface area contributed by atoms with Crippen LogP contribution in [0, 0.1) is 0 Å². The topological polar surface area (TPSA) is 35.6 Å². The molecule has 0 aliphatic carbocycles. The van der Waals surface area contributed by atoms with Crippen LogP contribution in [0.15, 0.2) is 16.8 Å². The number of carbonyl (C=O) groups excluding carboxylic acids is 1. The summed E-state index contributed by atoms with van der Waals surface area (Å²) in [7, 11) is 0. The Morgan fingerprint density at radius 3 is 2.65 bits per heavy atom. The molecule has 1 N–H and O–H groups in total. The molecule has 0 saturated carbocycles. The van der Waals surface area contributed by atoms with Gasteiger partial charge in [-0.15, -0.1) is 0 Å². The molecule has 2 unspecified atom stereocenters. The van der Waals surface area contributed by atoms with E-state index in [1.54, 1.807) is 11.3 Å². The predicted molar refractivity (Wildman–Crippen MR) is 83.8 cm³/mol. The lowest BCUT2D eigenvalue weighted by molar-refractivity contribution is -0.130. The van der Waals surface area contributed by atoms with Crippen LogP contribution in [0.1, 0.15) is 38.9 Å². The highest BCUT2D eigenvalue weighted by Crippen LogP contribution is 2.27. The summed E-state index contributed by atoms with van der Waals surface area (Å²) in [6, 6.07) is 2.08. The second-order valence-corrected chi connectivity index (χ2v) is 5.93. The molecule has 20 heavy (non-hydrogen) atoms. The zero-order valence-corrected chi connectivity index (χ0v) is 13.4. The van der Waals surface area contributed by atoms with Crippen LogP contribution in [0.5, 0.6) is 0 Å². The van der Waals surface area contributed by atoms with Gasteiger partial charge in [0.2, 0.25) is 5.91 Å². The molecule has 1 aromatic heterocycles. The Morgan fingerprint density at radius 1 is 1.35 bits per heavy atom. The summed E-state index contributed by atoms with van der Waals surface area (Å²) in [5.41, 5.74) is 1.21. The van der Waals surface area contributed by atoms with E-state index in [4.69, 9.17) is 0 Å². The van der Waals surface area contributed by atoms with Gasteiger partial charge < -0.3 is 9.80 Å². The molecule has 2 heterocycles. The molecule has 1 fully saturated rings. The van der Waals surface area contributed by atoms with Crippen molar-refractivity contribution in [2.24, 2.45) is 0 Å². The minimum absolute atomic E-state index is 0.0309. The zero-order valence-electron chi connectivity index (χ0n) is 12.6. The third-order valence-electron chi connectivity index (χ3n) is 4.07. The average molecular weight is 295 g/mol. The second-order valence-electron chi connectivity index (χ2n) is 5.15. The Hall–Kier alpha value is -0.910. The summed E-state index contributed by atoms with van der Waals surface area (Å²) < 4.78 is 0. The minimum atomic E-state index is -0.0309. The fourth-order valence-electron chi connectivity index (χ4n) is 2.71. The molecule has 0 bridgehead atoms. The number of nitrogens with zero attached hydrogens (tertiary/aromatic N) is 2. The molecule has 1 aliphatic rings. The quantitative estimate of drug-likeness (QED) is 0.838. The van der Waals surface area contributed by atoms with Gasteiger partial charge in [0.15, 0.2) is 0 Å². The number of rotatable bonds is 7. The van der Waals surface area contributed by atoms with Crippen LogP contribution in [0.2, 0.25) is 0 Å². The number of hydrogen-bond acceptors (Lipinski definition) is 4. The van der Waals surface area contributed by atoms with Crippen molar-refractivity contribution in [3.8, 4) is 0 Å². The normalized spacial score (nSPS) is 23.0. The highest BCUT2D eigenvalue weighted by Gasteiger charge is 2.38. The number of hydrogen-bond donors (Lipinski definition) is 1. The van der Waals surface area contributed by atoms with E-state index in [1.165, 1.54) is 5.56 Å². The first-order valence-electron chi connectivity index (χ1n) is 7.52. The van der Waals surface area contributed by atoms with Gasteiger partial charge in [0.25, 0.3) is 0 Å². The smallest absolute Gasteiger partial charge is 0.241 e. The van der Waals surface area contributed by atoms with Crippen LogP contribution in [-0.4, -0.2) is 47.9 Å². The average Bonchev–Trinajstić information content (AvgIpc) is 3.08. The van der Waals surface area contributed by atoms with Gasteiger partial charge in [0.05, 0.1) is 6.04 Å². The van der Waals surface area contributed by atoms with Crippen molar-refractivity contribution in [3.05, 3.63) is 22.4 Å². The minimum Gasteiger partial charge on any atom is -0.320 e. The first-order valence-corrected chi connectivity index (χ1v) is 8.46. The summed E-state index contributed by atoms with van der Waals surface area (Å²) in [4.78, 5) is 16.8. The van der Waals surface area contributed by atoms with E-state index in [-0.39, 0.29) is 18.1 Å². The summed E-state index contributed by atoms with van der Waals surface area (Å²) in [5.74, 6) is 0.246. The Kier molecular flexibility index (Phi) is 5.57. The van der Waals surface area contributed by atoms with E-state index in [0.29, 0.717) is 0 Å². The molecule has 2 atom stereocenters. The first-order chi connectivity index (χ1) is 9.71. The van der Waals surface area contributed by atoms with E-state index in [9.17, 15) is 4.79 Å².